The van der Waals surface area contributed by atoms with Crippen molar-refractivity contribution in [1.82, 2.24) is 19.3 Å². The number of nitrogens with two attached hydrogens (primary N) is 1. The molecule has 1 aromatic carbocycles. The van der Waals surface area contributed by atoms with Crippen LogP contribution in [0.1, 0.15) is 5.82 Å². The van der Waals surface area contributed by atoms with Crippen molar-refractivity contribution in [3.05, 3.63) is 42.6 Å². The van der Waals surface area contributed by atoms with Gasteiger partial charge in [0.1, 0.15) is 5.82 Å². The Morgan fingerprint density at radius 3 is 2.94 bits per heavy atom. The summed E-state index contributed by atoms with van der Waals surface area (Å²) in [6, 6.07) is 5.86. The largest absolute Gasteiger partial charge is 0.399 e. The van der Waals surface area contributed by atoms with Gasteiger partial charge < -0.3 is 10.3 Å². The van der Waals surface area contributed by atoms with Crippen LogP contribution in [0, 0.1) is 6.92 Å². The minimum atomic E-state index is 0.767. The number of fused-ring (bicyclic) bond motifs is 1. The van der Waals surface area contributed by atoms with Crippen LogP contribution in [-0.2, 0) is 13.1 Å². The van der Waals surface area contributed by atoms with Crippen LogP contribution in [0.4, 0.5) is 5.69 Å². The molecule has 2 heterocycles. The summed E-state index contributed by atoms with van der Waals surface area (Å²) in [5.74, 6) is 1.02. The third-order valence-corrected chi connectivity index (χ3v) is 3.15. The van der Waals surface area contributed by atoms with E-state index < -0.39 is 0 Å². The Balaban J connectivity index is 1.87. The lowest BCUT2D eigenvalue weighted by atomic mass is 10.2. The smallest absolute Gasteiger partial charge is 0.105 e. The number of aromatic nitrogens is 4. The summed E-state index contributed by atoms with van der Waals surface area (Å²) in [7, 11) is 0. The van der Waals surface area contributed by atoms with Crippen LogP contribution < -0.4 is 5.73 Å². The average Bonchev–Trinajstić information content (AvgIpc) is 2.93. The fraction of sp³-hybridized carbons (Fsp3) is 0.231. The van der Waals surface area contributed by atoms with Gasteiger partial charge in [0.05, 0.1) is 18.3 Å². The van der Waals surface area contributed by atoms with E-state index >= 15 is 0 Å². The van der Waals surface area contributed by atoms with Crippen LogP contribution in [0.5, 0.6) is 0 Å². The van der Waals surface area contributed by atoms with Gasteiger partial charge in [-0.1, -0.05) is 0 Å². The molecule has 2 aromatic heterocycles. The monoisotopic (exact) mass is 241 g/mol. The van der Waals surface area contributed by atoms with Gasteiger partial charge in [-0.15, -0.1) is 0 Å². The van der Waals surface area contributed by atoms with Gasteiger partial charge in [-0.2, -0.15) is 5.10 Å². The molecule has 3 rings (SSSR count). The van der Waals surface area contributed by atoms with Gasteiger partial charge >= 0.3 is 0 Å². The van der Waals surface area contributed by atoms with Crippen LogP contribution in [0.2, 0.25) is 0 Å². The third kappa shape index (κ3) is 1.84. The molecule has 2 N–H and O–H groups in total. The Kier molecular flexibility index (Phi) is 2.51. The van der Waals surface area contributed by atoms with Gasteiger partial charge in [0.2, 0.25) is 0 Å². The standard InChI is InChI=1S/C13H15N5/c1-10-15-4-5-17(10)6-7-18-13-8-12(14)3-2-11(13)9-16-18/h2-5,8-9H,6-7,14H2,1H3. The number of nitrogens with zero attached hydrogens (tertiary/aromatic N) is 4. The first-order valence-corrected chi connectivity index (χ1v) is 5.93. The van der Waals surface area contributed by atoms with E-state index in [1.165, 1.54) is 0 Å². The number of hydrogen-bond donors (Lipinski definition) is 1. The summed E-state index contributed by atoms with van der Waals surface area (Å²) in [5.41, 5.74) is 7.65. The molecule has 0 aliphatic rings. The van der Waals surface area contributed by atoms with Crippen LogP contribution in [0.3, 0.4) is 0 Å². The second-order valence-electron chi connectivity index (χ2n) is 4.35. The molecule has 3 aromatic rings. The first-order valence-electron chi connectivity index (χ1n) is 5.93. The van der Waals surface area contributed by atoms with Crippen molar-refractivity contribution in [2.24, 2.45) is 0 Å². The molecule has 0 fully saturated rings. The maximum Gasteiger partial charge on any atom is 0.105 e. The number of nitrogen functional groups attached to an aromatic ring is 1. The van der Waals surface area contributed by atoms with E-state index in [-0.39, 0.29) is 0 Å². The molecule has 0 bridgehead atoms. The molecule has 0 spiro atoms. The number of imidazole rings is 1. The Hall–Kier alpha value is -2.30. The van der Waals surface area contributed by atoms with Crippen molar-refractivity contribution in [2.45, 2.75) is 20.0 Å². The van der Waals surface area contributed by atoms with Crippen molar-refractivity contribution in [2.75, 3.05) is 5.73 Å². The molecular formula is C13H15N5. The van der Waals surface area contributed by atoms with Crippen molar-refractivity contribution < 1.29 is 0 Å². The van der Waals surface area contributed by atoms with Crippen LogP contribution in [-0.4, -0.2) is 19.3 Å². The van der Waals surface area contributed by atoms with Gasteiger partial charge in [0.15, 0.2) is 0 Å². The van der Waals surface area contributed by atoms with E-state index in [0.29, 0.717) is 0 Å². The van der Waals surface area contributed by atoms with Gasteiger partial charge in [-0.25, -0.2) is 4.98 Å². The second kappa shape index (κ2) is 4.18. The maximum absolute atomic E-state index is 5.81. The number of anilines is 1. The summed E-state index contributed by atoms with van der Waals surface area (Å²) >= 11 is 0. The molecule has 5 heteroatoms. The van der Waals surface area contributed by atoms with Crippen LogP contribution in [0.25, 0.3) is 10.9 Å². The fourth-order valence-electron chi connectivity index (χ4n) is 2.11. The molecular weight excluding hydrogens is 226 g/mol. The summed E-state index contributed by atoms with van der Waals surface area (Å²) in [5, 5.41) is 5.51. The molecule has 0 atom stereocenters. The molecule has 92 valence electrons. The molecule has 0 saturated heterocycles. The zero-order valence-electron chi connectivity index (χ0n) is 10.2. The Morgan fingerprint density at radius 1 is 1.28 bits per heavy atom. The Labute approximate surface area is 105 Å². The van der Waals surface area contributed by atoms with Gasteiger partial charge in [-0.3, -0.25) is 4.68 Å². The van der Waals surface area contributed by atoms with Gasteiger partial charge in [-0.05, 0) is 25.1 Å². The van der Waals surface area contributed by atoms with Crippen molar-refractivity contribution in [1.29, 1.82) is 0 Å². The fourth-order valence-corrected chi connectivity index (χ4v) is 2.11. The van der Waals surface area contributed by atoms with Crippen molar-refractivity contribution in [3.8, 4) is 0 Å². The first kappa shape index (κ1) is 10.8. The average molecular weight is 241 g/mol. The predicted octanol–water partition coefficient (Wildman–Crippen LogP) is 1.82. The second-order valence-corrected chi connectivity index (χ2v) is 4.35. The minimum Gasteiger partial charge on any atom is -0.399 e. The van der Waals surface area contributed by atoms with Gasteiger partial charge in [0, 0.05) is 30.0 Å². The number of hydrogen-bond acceptors (Lipinski definition) is 3. The lowest BCUT2D eigenvalue weighted by Gasteiger charge is -2.06. The zero-order valence-corrected chi connectivity index (χ0v) is 10.2. The first-order chi connectivity index (χ1) is 8.74. The van der Waals surface area contributed by atoms with E-state index in [4.69, 9.17) is 5.73 Å². The molecule has 5 nitrogen and oxygen atoms in total. The highest BCUT2D eigenvalue weighted by Crippen LogP contribution is 2.17. The summed E-state index contributed by atoms with van der Waals surface area (Å²) < 4.78 is 4.09. The molecule has 0 unspecified atom stereocenters. The minimum absolute atomic E-state index is 0.767. The molecule has 0 aliphatic carbocycles. The third-order valence-electron chi connectivity index (χ3n) is 3.15. The van der Waals surface area contributed by atoms with E-state index in [9.17, 15) is 0 Å². The topological polar surface area (TPSA) is 61.7 Å². The van der Waals surface area contributed by atoms with E-state index in [1.807, 2.05) is 48.4 Å². The van der Waals surface area contributed by atoms with Gasteiger partial charge in [0.25, 0.3) is 0 Å². The molecule has 0 amide bonds. The number of aryl methyl sites for hydroxylation is 3. The normalized spacial score (nSPS) is 11.2. The molecule has 0 radical (unpaired) electrons. The Bertz CT molecular complexity index is 680. The Morgan fingerprint density at radius 2 is 2.17 bits per heavy atom. The molecule has 0 aliphatic heterocycles. The summed E-state index contributed by atoms with van der Waals surface area (Å²) in [6.45, 7) is 3.67. The van der Waals surface area contributed by atoms with Crippen LogP contribution in [0.15, 0.2) is 36.8 Å². The SMILES string of the molecule is Cc1nccn1CCn1ncc2ccc(N)cc21. The highest BCUT2D eigenvalue weighted by Gasteiger charge is 2.03. The highest BCUT2D eigenvalue weighted by atomic mass is 15.3. The van der Waals surface area contributed by atoms with Crippen LogP contribution >= 0.6 is 0 Å². The zero-order chi connectivity index (χ0) is 12.5. The maximum atomic E-state index is 5.81. The van der Waals surface area contributed by atoms with E-state index in [2.05, 4.69) is 14.6 Å². The number of rotatable bonds is 3. The van der Waals surface area contributed by atoms with Crippen molar-refractivity contribution >= 4 is 16.6 Å². The molecule has 18 heavy (non-hydrogen) atoms. The lowest BCUT2D eigenvalue weighted by Crippen LogP contribution is -2.09. The van der Waals surface area contributed by atoms with E-state index in [1.54, 1.807) is 0 Å². The summed E-state index contributed by atoms with van der Waals surface area (Å²) in [6.07, 6.45) is 5.67. The van der Waals surface area contributed by atoms with E-state index in [0.717, 1.165) is 35.5 Å². The quantitative estimate of drug-likeness (QED) is 0.711. The number of benzene rings is 1. The lowest BCUT2D eigenvalue weighted by molar-refractivity contribution is 0.538. The predicted molar refractivity (Wildman–Crippen MR) is 71.1 cm³/mol. The van der Waals surface area contributed by atoms with Crippen molar-refractivity contribution in [3.63, 3.8) is 0 Å². The summed E-state index contributed by atoms with van der Waals surface area (Å²) in [4.78, 5) is 4.21. The highest BCUT2D eigenvalue weighted by molar-refractivity contribution is 5.81. The molecule has 0 saturated carbocycles.